The number of rotatable bonds is 7. The molecule has 1 aliphatic heterocycles. The lowest BCUT2D eigenvalue weighted by Crippen LogP contribution is -2.45. The number of methoxy groups -OCH3 is 1. The van der Waals surface area contributed by atoms with Crippen LogP contribution in [0.1, 0.15) is 37.4 Å². The van der Waals surface area contributed by atoms with Gasteiger partial charge in [0.05, 0.1) is 23.7 Å². The molecule has 1 atom stereocenters. The number of hydrogen-bond donors (Lipinski definition) is 1. The van der Waals surface area contributed by atoms with E-state index >= 15 is 0 Å². The van der Waals surface area contributed by atoms with Crippen molar-refractivity contribution in [1.29, 1.82) is 0 Å². The van der Waals surface area contributed by atoms with Crippen LogP contribution in [0.2, 0.25) is 5.02 Å². The molecule has 3 aromatic rings. The Morgan fingerprint density at radius 3 is 2.53 bits per heavy atom. The standard InChI is InChI=1S/C27H29ClN2O5S/c1-18-14-19(28)10-12-24(18)30(36(32,33)21-8-6-5-7-9-21)17-26(31)29-23-16-27(2,3)35-25-13-11-20(34-4)15-22(23)25/h5-15,23H,16-17H2,1-4H3,(H,29,31). The van der Waals surface area contributed by atoms with E-state index in [9.17, 15) is 13.2 Å². The minimum atomic E-state index is -4.03. The summed E-state index contributed by atoms with van der Waals surface area (Å²) in [5, 5.41) is 3.51. The topological polar surface area (TPSA) is 84.9 Å². The fourth-order valence-electron chi connectivity index (χ4n) is 4.38. The van der Waals surface area contributed by atoms with Crippen molar-refractivity contribution in [3.05, 3.63) is 82.9 Å². The summed E-state index contributed by atoms with van der Waals surface area (Å²) in [4.78, 5) is 13.5. The van der Waals surface area contributed by atoms with Gasteiger partial charge in [-0.3, -0.25) is 9.10 Å². The summed E-state index contributed by atoms with van der Waals surface area (Å²) in [6.07, 6.45) is 0.504. The Morgan fingerprint density at radius 2 is 1.86 bits per heavy atom. The number of hydrogen-bond acceptors (Lipinski definition) is 5. The van der Waals surface area contributed by atoms with Crippen LogP contribution < -0.4 is 19.1 Å². The molecule has 190 valence electrons. The Hall–Kier alpha value is -3.23. The van der Waals surface area contributed by atoms with Crippen LogP contribution in [0, 0.1) is 6.92 Å². The molecule has 0 spiro atoms. The number of halogens is 1. The molecule has 1 N–H and O–H groups in total. The average Bonchev–Trinajstić information content (AvgIpc) is 2.82. The van der Waals surface area contributed by atoms with Gasteiger partial charge in [0.2, 0.25) is 5.91 Å². The first kappa shape index (κ1) is 25.9. The molecule has 1 unspecified atom stereocenters. The molecular formula is C27H29ClN2O5S. The van der Waals surface area contributed by atoms with E-state index in [0.717, 1.165) is 9.87 Å². The minimum Gasteiger partial charge on any atom is -0.497 e. The van der Waals surface area contributed by atoms with Gasteiger partial charge in [-0.1, -0.05) is 29.8 Å². The molecule has 7 nitrogen and oxygen atoms in total. The Labute approximate surface area is 217 Å². The highest BCUT2D eigenvalue weighted by Crippen LogP contribution is 2.41. The summed E-state index contributed by atoms with van der Waals surface area (Å²) in [5.74, 6) is 0.848. The van der Waals surface area contributed by atoms with E-state index in [-0.39, 0.29) is 10.9 Å². The Bertz CT molecular complexity index is 1380. The van der Waals surface area contributed by atoms with Gasteiger partial charge in [-0.25, -0.2) is 8.42 Å². The van der Waals surface area contributed by atoms with Crippen LogP contribution in [0.3, 0.4) is 0 Å². The number of carbonyl (C=O) groups is 1. The van der Waals surface area contributed by atoms with E-state index in [1.54, 1.807) is 56.5 Å². The summed E-state index contributed by atoms with van der Waals surface area (Å²) in [7, 11) is -2.46. The number of ether oxygens (including phenoxy) is 2. The smallest absolute Gasteiger partial charge is 0.264 e. The fraction of sp³-hybridized carbons (Fsp3) is 0.296. The first-order valence-electron chi connectivity index (χ1n) is 11.5. The lowest BCUT2D eigenvalue weighted by atomic mass is 9.89. The van der Waals surface area contributed by atoms with Gasteiger partial charge in [0.15, 0.2) is 0 Å². The van der Waals surface area contributed by atoms with Gasteiger partial charge in [0.1, 0.15) is 23.6 Å². The molecule has 0 bridgehead atoms. The SMILES string of the molecule is COc1ccc2c(c1)C(NC(=O)CN(c1ccc(Cl)cc1C)S(=O)(=O)c1ccccc1)CC(C)(C)O2. The summed E-state index contributed by atoms with van der Waals surface area (Å²) in [6, 6.07) is 18.0. The first-order valence-corrected chi connectivity index (χ1v) is 13.3. The largest absolute Gasteiger partial charge is 0.497 e. The van der Waals surface area contributed by atoms with Crippen molar-refractivity contribution in [2.24, 2.45) is 0 Å². The second kappa shape index (κ2) is 10.0. The number of aryl methyl sites for hydroxylation is 1. The van der Waals surface area contributed by atoms with E-state index in [0.29, 0.717) is 34.2 Å². The maximum atomic E-state index is 13.7. The maximum Gasteiger partial charge on any atom is 0.264 e. The predicted octanol–water partition coefficient (Wildman–Crippen LogP) is 5.27. The van der Waals surface area contributed by atoms with Crippen molar-refractivity contribution in [1.82, 2.24) is 5.32 Å². The van der Waals surface area contributed by atoms with Gasteiger partial charge in [0, 0.05) is 17.0 Å². The van der Waals surface area contributed by atoms with Gasteiger partial charge in [-0.15, -0.1) is 0 Å². The van der Waals surface area contributed by atoms with Crippen molar-refractivity contribution in [3.8, 4) is 11.5 Å². The molecule has 4 rings (SSSR count). The third-order valence-corrected chi connectivity index (χ3v) is 8.06. The lowest BCUT2D eigenvalue weighted by molar-refractivity contribution is -0.120. The number of nitrogens with one attached hydrogen (secondary N) is 1. The normalized spacial score (nSPS) is 16.4. The fourth-order valence-corrected chi connectivity index (χ4v) is 6.11. The summed E-state index contributed by atoms with van der Waals surface area (Å²) in [6.45, 7) is 5.25. The molecule has 0 saturated carbocycles. The molecule has 36 heavy (non-hydrogen) atoms. The lowest BCUT2D eigenvalue weighted by Gasteiger charge is -2.38. The van der Waals surface area contributed by atoms with E-state index in [4.69, 9.17) is 21.1 Å². The zero-order valence-electron chi connectivity index (χ0n) is 20.6. The molecule has 0 fully saturated rings. The summed E-state index contributed by atoms with van der Waals surface area (Å²) in [5.41, 5.74) is 1.27. The quantitative estimate of drug-likeness (QED) is 0.451. The van der Waals surface area contributed by atoms with E-state index in [2.05, 4.69) is 5.32 Å². The highest BCUT2D eigenvalue weighted by Gasteiger charge is 2.36. The Kier molecular flexibility index (Phi) is 7.20. The van der Waals surface area contributed by atoms with Crippen molar-refractivity contribution in [2.75, 3.05) is 18.0 Å². The zero-order valence-corrected chi connectivity index (χ0v) is 22.2. The Morgan fingerprint density at radius 1 is 1.14 bits per heavy atom. The van der Waals surface area contributed by atoms with Crippen molar-refractivity contribution in [3.63, 3.8) is 0 Å². The number of carbonyl (C=O) groups excluding carboxylic acids is 1. The number of benzene rings is 3. The maximum absolute atomic E-state index is 13.7. The monoisotopic (exact) mass is 528 g/mol. The van der Waals surface area contributed by atoms with Gasteiger partial charge < -0.3 is 14.8 Å². The average molecular weight is 529 g/mol. The van der Waals surface area contributed by atoms with Crippen LogP contribution in [0.5, 0.6) is 11.5 Å². The van der Waals surface area contributed by atoms with Crippen LogP contribution in [-0.4, -0.2) is 33.6 Å². The van der Waals surface area contributed by atoms with Gasteiger partial charge in [0.25, 0.3) is 10.0 Å². The number of fused-ring (bicyclic) bond motifs is 1. The van der Waals surface area contributed by atoms with E-state index in [1.165, 1.54) is 12.1 Å². The van der Waals surface area contributed by atoms with Crippen molar-refractivity contribution >= 4 is 33.2 Å². The van der Waals surface area contributed by atoms with E-state index < -0.39 is 28.1 Å². The number of anilines is 1. The molecule has 0 saturated heterocycles. The third kappa shape index (κ3) is 5.44. The number of nitrogens with zero attached hydrogens (tertiary/aromatic N) is 1. The highest BCUT2D eigenvalue weighted by molar-refractivity contribution is 7.92. The van der Waals surface area contributed by atoms with Crippen LogP contribution in [0.25, 0.3) is 0 Å². The minimum absolute atomic E-state index is 0.0921. The first-order chi connectivity index (χ1) is 17.0. The molecule has 9 heteroatoms. The molecule has 1 aliphatic rings. The van der Waals surface area contributed by atoms with Crippen molar-refractivity contribution < 1.29 is 22.7 Å². The van der Waals surface area contributed by atoms with Gasteiger partial charge in [-0.05, 0) is 74.9 Å². The van der Waals surface area contributed by atoms with Crippen LogP contribution in [0.4, 0.5) is 5.69 Å². The second-order valence-electron chi connectivity index (χ2n) is 9.35. The molecule has 0 aromatic heterocycles. The predicted molar refractivity (Wildman–Crippen MR) is 140 cm³/mol. The molecule has 1 heterocycles. The number of sulfonamides is 1. The molecule has 3 aromatic carbocycles. The van der Waals surface area contributed by atoms with Crippen LogP contribution >= 0.6 is 11.6 Å². The molecule has 0 aliphatic carbocycles. The van der Waals surface area contributed by atoms with E-state index in [1.807, 2.05) is 26.0 Å². The van der Waals surface area contributed by atoms with Gasteiger partial charge >= 0.3 is 0 Å². The van der Waals surface area contributed by atoms with Gasteiger partial charge in [-0.2, -0.15) is 0 Å². The zero-order chi connectivity index (χ0) is 26.1. The third-order valence-electron chi connectivity index (χ3n) is 6.06. The Balaban J connectivity index is 1.68. The van der Waals surface area contributed by atoms with Crippen molar-refractivity contribution in [2.45, 2.75) is 43.7 Å². The molecular weight excluding hydrogens is 500 g/mol. The number of amides is 1. The molecule has 1 amide bonds. The summed E-state index contributed by atoms with van der Waals surface area (Å²) >= 11 is 6.12. The van der Waals surface area contributed by atoms with Crippen LogP contribution in [0.15, 0.2) is 71.6 Å². The highest BCUT2D eigenvalue weighted by atomic mass is 35.5. The molecule has 0 radical (unpaired) electrons. The second-order valence-corrected chi connectivity index (χ2v) is 11.6. The van der Waals surface area contributed by atoms with Crippen LogP contribution in [-0.2, 0) is 14.8 Å². The summed E-state index contributed by atoms with van der Waals surface area (Å²) < 4.78 is 39.9.